The molecule has 3 N–H and O–H groups in total. The van der Waals surface area contributed by atoms with Gasteiger partial charge >= 0.3 is 0 Å². The van der Waals surface area contributed by atoms with Crippen LogP contribution in [0.3, 0.4) is 0 Å². The Bertz CT molecular complexity index is 647. The van der Waals surface area contributed by atoms with E-state index in [2.05, 4.69) is 15.6 Å². The molecule has 0 amide bonds. The van der Waals surface area contributed by atoms with Gasteiger partial charge in [-0.2, -0.15) is 0 Å². The fourth-order valence-electron chi connectivity index (χ4n) is 2.47. The zero-order valence-corrected chi connectivity index (χ0v) is 10.5. The number of hydrogen-bond donors (Lipinski definition) is 3. The summed E-state index contributed by atoms with van der Waals surface area (Å²) in [6.45, 7) is 1.96. The zero-order chi connectivity index (χ0) is 13.2. The van der Waals surface area contributed by atoms with Gasteiger partial charge in [0.1, 0.15) is 5.52 Å². The highest BCUT2D eigenvalue weighted by atomic mass is 16.5. The van der Waals surface area contributed by atoms with Crippen LogP contribution < -0.4 is 16.2 Å². The molecule has 1 fully saturated rings. The van der Waals surface area contributed by atoms with Crippen molar-refractivity contribution >= 4 is 16.6 Å². The molecule has 0 atom stereocenters. The van der Waals surface area contributed by atoms with Crippen molar-refractivity contribution in [3.05, 3.63) is 34.9 Å². The average molecular weight is 260 g/mol. The maximum Gasteiger partial charge on any atom is 0.285 e. The van der Waals surface area contributed by atoms with Crippen molar-refractivity contribution in [1.82, 2.24) is 15.0 Å². The van der Waals surface area contributed by atoms with Crippen LogP contribution in [0.25, 0.3) is 10.9 Å². The van der Waals surface area contributed by atoms with Crippen LogP contribution in [-0.4, -0.2) is 34.1 Å². The quantitative estimate of drug-likeness (QED) is 0.696. The Morgan fingerprint density at radius 1 is 1.42 bits per heavy atom. The first kappa shape index (κ1) is 12.0. The summed E-state index contributed by atoms with van der Waals surface area (Å²) in [5.41, 5.74) is 0.739. The van der Waals surface area contributed by atoms with Crippen molar-refractivity contribution < 1.29 is 5.21 Å². The van der Waals surface area contributed by atoms with E-state index in [-0.39, 0.29) is 0 Å². The molecule has 100 valence electrons. The van der Waals surface area contributed by atoms with Crippen LogP contribution in [0.5, 0.6) is 0 Å². The number of aromatic nitrogens is 2. The lowest BCUT2D eigenvalue weighted by atomic mass is 10.1. The van der Waals surface area contributed by atoms with Crippen LogP contribution in [0.2, 0.25) is 0 Å². The van der Waals surface area contributed by atoms with Crippen molar-refractivity contribution in [2.45, 2.75) is 18.9 Å². The number of fused-ring (bicyclic) bond motifs is 1. The number of nitrogens with zero attached hydrogens (tertiary/aromatic N) is 2. The van der Waals surface area contributed by atoms with E-state index in [1.165, 1.54) is 12.3 Å². The SMILES string of the molecule is O=c1cc(NC2CCNCC2)c2ccncc2n1O. The molecule has 0 aromatic carbocycles. The van der Waals surface area contributed by atoms with Crippen LogP contribution >= 0.6 is 0 Å². The Morgan fingerprint density at radius 3 is 3.00 bits per heavy atom. The summed E-state index contributed by atoms with van der Waals surface area (Å²) in [6, 6.07) is 3.58. The third-order valence-corrected chi connectivity index (χ3v) is 3.49. The van der Waals surface area contributed by atoms with Gasteiger partial charge in [-0.25, -0.2) is 0 Å². The first-order valence-corrected chi connectivity index (χ1v) is 6.42. The van der Waals surface area contributed by atoms with Gasteiger partial charge in [-0.1, -0.05) is 0 Å². The maximum absolute atomic E-state index is 11.7. The van der Waals surface area contributed by atoms with Crippen molar-refractivity contribution in [3.8, 4) is 0 Å². The predicted octanol–water partition coefficient (Wildman–Crippen LogP) is 0.798. The molecule has 0 aliphatic carbocycles. The van der Waals surface area contributed by atoms with Crippen LogP contribution in [0.1, 0.15) is 12.8 Å². The molecule has 0 radical (unpaired) electrons. The number of pyridine rings is 2. The zero-order valence-electron chi connectivity index (χ0n) is 10.5. The Labute approximate surface area is 110 Å². The van der Waals surface area contributed by atoms with Crippen LogP contribution in [0.15, 0.2) is 29.3 Å². The topological polar surface area (TPSA) is 79.2 Å². The highest BCUT2D eigenvalue weighted by molar-refractivity contribution is 5.90. The summed E-state index contributed by atoms with van der Waals surface area (Å²) in [7, 11) is 0. The molecule has 3 heterocycles. The summed E-state index contributed by atoms with van der Waals surface area (Å²) in [5.74, 6) is 0. The molecule has 0 spiro atoms. The number of piperidine rings is 1. The molecular formula is C13H16N4O2. The van der Waals surface area contributed by atoms with Crippen LogP contribution in [0.4, 0.5) is 5.69 Å². The van der Waals surface area contributed by atoms with E-state index in [9.17, 15) is 10.0 Å². The van der Waals surface area contributed by atoms with Gasteiger partial charge in [-0.3, -0.25) is 9.78 Å². The molecule has 0 bridgehead atoms. The molecule has 0 saturated carbocycles. The number of rotatable bonds is 2. The van der Waals surface area contributed by atoms with Crippen LogP contribution in [-0.2, 0) is 0 Å². The van der Waals surface area contributed by atoms with Gasteiger partial charge in [-0.15, -0.1) is 4.73 Å². The molecule has 6 nitrogen and oxygen atoms in total. The van der Waals surface area contributed by atoms with Crippen molar-refractivity contribution in [2.75, 3.05) is 18.4 Å². The molecule has 0 unspecified atom stereocenters. The monoisotopic (exact) mass is 260 g/mol. The molecular weight excluding hydrogens is 244 g/mol. The highest BCUT2D eigenvalue weighted by Crippen LogP contribution is 2.22. The van der Waals surface area contributed by atoms with E-state index in [1.807, 2.05) is 0 Å². The number of hydrogen-bond acceptors (Lipinski definition) is 5. The Hall–Kier alpha value is -2.08. The van der Waals surface area contributed by atoms with Crippen molar-refractivity contribution in [3.63, 3.8) is 0 Å². The van der Waals surface area contributed by atoms with Gasteiger partial charge in [0.2, 0.25) is 0 Å². The third-order valence-electron chi connectivity index (χ3n) is 3.49. The second-order valence-corrected chi connectivity index (χ2v) is 4.77. The summed E-state index contributed by atoms with van der Waals surface area (Å²) in [4.78, 5) is 15.7. The summed E-state index contributed by atoms with van der Waals surface area (Å²) < 4.78 is 0.635. The molecule has 1 aliphatic rings. The summed E-state index contributed by atoms with van der Waals surface area (Å²) in [6.07, 6.45) is 5.19. The first-order chi connectivity index (χ1) is 9.25. The van der Waals surface area contributed by atoms with Gasteiger partial charge in [0, 0.05) is 29.4 Å². The molecule has 2 aromatic heterocycles. The molecule has 6 heteroatoms. The summed E-state index contributed by atoms with van der Waals surface area (Å²) >= 11 is 0. The highest BCUT2D eigenvalue weighted by Gasteiger charge is 2.15. The molecule has 19 heavy (non-hydrogen) atoms. The minimum atomic E-state index is -0.447. The van der Waals surface area contributed by atoms with Gasteiger partial charge in [0.25, 0.3) is 5.56 Å². The van der Waals surface area contributed by atoms with Gasteiger partial charge in [0.15, 0.2) is 0 Å². The largest absolute Gasteiger partial charge is 0.425 e. The lowest BCUT2D eigenvalue weighted by Gasteiger charge is -2.25. The van der Waals surface area contributed by atoms with Crippen molar-refractivity contribution in [2.24, 2.45) is 0 Å². The smallest absolute Gasteiger partial charge is 0.285 e. The maximum atomic E-state index is 11.7. The fourth-order valence-corrected chi connectivity index (χ4v) is 2.47. The van der Waals surface area contributed by atoms with Gasteiger partial charge in [0.05, 0.1) is 6.20 Å². The minimum Gasteiger partial charge on any atom is -0.425 e. The number of anilines is 1. The van der Waals surface area contributed by atoms with Crippen LogP contribution in [0, 0.1) is 0 Å². The molecule has 2 aromatic rings. The van der Waals surface area contributed by atoms with Gasteiger partial charge in [-0.05, 0) is 32.0 Å². The van der Waals surface area contributed by atoms with E-state index in [0.29, 0.717) is 16.3 Å². The second kappa shape index (κ2) is 4.89. The molecule has 3 rings (SSSR count). The Kier molecular flexibility index (Phi) is 3.08. The van der Waals surface area contributed by atoms with E-state index in [4.69, 9.17) is 0 Å². The lowest BCUT2D eigenvalue weighted by Crippen LogP contribution is -2.35. The predicted molar refractivity (Wildman–Crippen MR) is 72.7 cm³/mol. The first-order valence-electron chi connectivity index (χ1n) is 6.42. The fraction of sp³-hybridized carbons (Fsp3) is 0.385. The van der Waals surface area contributed by atoms with E-state index in [0.717, 1.165) is 37.0 Å². The summed E-state index contributed by atoms with van der Waals surface area (Å²) in [5, 5.41) is 17.2. The standard InChI is InChI=1S/C13H16N4O2/c18-13-7-11(16-9-1-4-14-5-2-9)10-3-6-15-8-12(10)17(13)19/h3,6-9,14,16,19H,1-2,4-5H2. The Balaban J connectivity index is 2.03. The normalized spacial score (nSPS) is 16.6. The van der Waals surface area contributed by atoms with E-state index >= 15 is 0 Å². The van der Waals surface area contributed by atoms with Crippen molar-refractivity contribution in [1.29, 1.82) is 0 Å². The minimum absolute atomic E-state index is 0.353. The van der Waals surface area contributed by atoms with Gasteiger partial charge < -0.3 is 15.8 Å². The molecule has 1 saturated heterocycles. The lowest BCUT2D eigenvalue weighted by molar-refractivity contribution is 0.188. The second-order valence-electron chi connectivity index (χ2n) is 4.77. The number of nitrogens with one attached hydrogen (secondary N) is 2. The van der Waals surface area contributed by atoms with E-state index in [1.54, 1.807) is 12.3 Å². The third kappa shape index (κ3) is 2.26. The molecule has 1 aliphatic heterocycles. The average Bonchev–Trinajstić information content (AvgIpc) is 2.46. The van der Waals surface area contributed by atoms with E-state index < -0.39 is 5.56 Å². The Morgan fingerprint density at radius 2 is 2.21 bits per heavy atom.